The van der Waals surface area contributed by atoms with Crippen LogP contribution in [0.15, 0.2) is 0 Å². The molecular weight excluding hydrogens is 219 g/mol. The van der Waals surface area contributed by atoms with Crippen molar-refractivity contribution in [1.29, 1.82) is 0 Å². The van der Waals surface area contributed by atoms with Gasteiger partial charge in [-0.2, -0.15) is 6.92 Å². The van der Waals surface area contributed by atoms with E-state index in [1.807, 2.05) is 6.92 Å². The number of nitrogens with one attached hydrogen (secondary N) is 1. The average molecular weight is 240 g/mol. The molecule has 0 bridgehead atoms. The van der Waals surface area contributed by atoms with E-state index in [0.717, 1.165) is 12.8 Å². The van der Waals surface area contributed by atoms with Crippen LogP contribution < -0.4 is 5.32 Å². The van der Waals surface area contributed by atoms with Gasteiger partial charge in [-0.05, 0) is 13.3 Å². The Hall–Kier alpha value is -0.107. The third-order valence-corrected chi connectivity index (χ3v) is 1.05. The van der Waals surface area contributed by atoms with Gasteiger partial charge in [-0.15, -0.1) is 0 Å². The number of carbonyl (C=O) groups is 1. The molecule has 0 aromatic heterocycles. The summed E-state index contributed by atoms with van der Waals surface area (Å²) in [4.78, 5) is 10.6. The van der Waals surface area contributed by atoms with Crippen LogP contribution in [0.2, 0.25) is 0 Å². The Kier molecular flexibility index (Phi) is 25.6. The molecule has 0 saturated carbocycles. The van der Waals surface area contributed by atoms with E-state index in [1.165, 1.54) is 0 Å². The van der Waals surface area contributed by atoms with Gasteiger partial charge in [0.15, 0.2) is 0 Å². The summed E-state index contributed by atoms with van der Waals surface area (Å²) in [5.41, 5.74) is 0. The zero-order chi connectivity index (χ0) is 9.82. The Morgan fingerprint density at radius 3 is 2.31 bits per heavy atom. The summed E-state index contributed by atoms with van der Waals surface area (Å²) in [6.45, 7) is 10.1. The minimum Gasteiger partial charge on any atom is -0.450 e. The molecule has 0 unspecified atom stereocenters. The van der Waals surface area contributed by atoms with Gasteiger partial charge < -0.3 is 17.0 Å². The van der Waals surface area contributed by atoms with E-state index >= 15 is 0 Å². The number of alkyl carbamates (subject to hydrolysis) is 1. The zero-order valence-electron chi connectivity index (χ0n) is 9.06. The van der Waals surface area contributed by atoms with Gasteiger partial charge in [0.1, 0.15) is 0 Å². The van der Waals surface area contributed by atoms with Crippen molar-refractivity contribution >= 4 is 6.09 Å². The maximum absolute atomic E-state index is 10.6. The summed E-state index contributed by atoms with van der Waals surface area (Å²) < 4.78 is 4.77. The van der Waals surface area contributed by atoms with Crippen LogP contribution in [0, 0.1) is 6.92 Å². The summed E-state index contributed by atoms with van der Waals surface area (Å²) in [6.07, 6.45) is 1.69. The summed E-state index contributed by atoms with van der Waals surface area (Å²) in [5, 5.41) is 2.54. The first-order valence-corrected chi connectivity index (χ1v) is 4.42. The van der Waals surface area contributed by atoms with E-state index in [-0.39, 0.29) is 25.6 Å². The molecule has 0 aliphatic carbocycles. The van der Waals surface area contributed by atoms with Crippen molar-refractivity contribution in [2.75, 3.05) is 13.2 Å². The van der Waals surface area contributed by atoms with E-state index in [2.05, 4.69) is 19.2 Å². The van der Waals surface area contributed by atoms with Gasteiger partial charge in [-0.25, -0.2) is 4.79 Å². The zero-order valence-corrected chi connectivity index (χ0v) is 12.0. The van der Waals surface area contributed by atoms with Crippen molar-refractivity contribution < 1.29 is 29.0 Å². The number of carbonyl (C=O) groups excluding carboxylic acids is 1. The monoisotopic (exact) mass is 238 g/mol. The standard InChI is InChI=1S/C7H15NO2.C2H5.Zn/c1-3-5-6-10-7(9)8-4-2;1-2;/h3-6H2,1-2H3,(H,8,9);1H2,2H3;/q;-1;. The third kappa shape index (κ3) is 18.7. The fourth-order valence-corrected chi connectivity index (χ4v) is 0.505. The molecule has 0 saturated heterocycles. The largest absolute Gasteiger partial charge is 0.450 e. The van der Waals surface area contributed by atoms with Crippen LogP contribution >= 0.6 is 0 Å². The molecule has 0 heterocycles. The summed E-state index contributed by atoms with van der Waals surface area (Å²) in [5.74, 6) is 0. The van der Waals surface area contributed by atoms with Crippen LogP contribution in [-0.4, -0.2) is 19.2 Å². The van der Waals surface area contributed by atoms with Gasteiger partial charge >= 0.3 is 6.09 Å². The number of amides is 1. The van der Waals surface area contributed by atoms with E-state index in [1.54, 1.807) is 6.92 Å². The first kappa shape index (κ1) is 18.6. The molecule has 76 valence electrons. The molecule has 13 heavy (non-hydrogen) atoms. The van der Waals surface area contributed by atoms with E-state index in [0.29, 0.717) is 13.2 Å². The average Bonchev–Trinajstić information content (AvgIpc) is 2.09. The maximum atomic E-state index is 10.6. The second-order valence-corrected chi connectivity index (χ2v) is 2.02. The van der Waals surface area contributed by atoms with Crippen LogP contribution in [0.4, 0.5) is 4.79 Å². The Morgan fingerprint density at radius 1 is 1.38 bits per heavy atom. The predicted molar refractivity (Wildman–Crippen MR) is 51.0 cm³/mol. The van der Waals surface area contributed by atoms with Crippen molar-refractivity contribution in [3.63, 3.8) is 0 Å². The Morgan fingerprint density at radius 2 is 1.92 bits per heavy atom. The van der Waals surface area contributed by atoms with Crippen LogP contribution in [0.25, 0.3) is 0 Å². The Labute approximate surface area is 94.4 Å². The fraction of sp³-hybridized carbons (Fsp3) is 0.778. The maximum Gasteiger partial charge on any atom is 0.407 e. The van der Waals surface area contributed by atoms with Crippen LogP contribution in [0.5, 0.6) is 0 Å². The minimum absolute atomic E-state index is 0. The molecule has 0 spiro atoms. The molecular formula is C9H20NO2Zn-. The van der Waals surface area contributed by atoms with Crippen molar-refractivity contribution in [3.8, 4) is 0 Å². The molecule has 1 N–H and O–H groups in total. The normalized spacial score (nSPS) is 7.38. The molecule has 1 amide bonds. The summed E-state index contributed by atoms with van der Waals surface area (Å²) in [7, 11) is 0. The number of hydrogen-bond acceptors (Lipinski definition) is 2. The van der Waals surface area contributed by atoms with Crippen LogP contribution in [-0.2, 0) is 24.2 Å². The quantitative estimate of drug-likeness (QED) is 0.465. The molecule has 0 rings (SSSR count). The first-order chi connectivity index (χ1) is 5.81. The SMILES string of the molecule is CCCCOC(=O)NCC.[CH2-]C.[Zn]. The third-order valence-electron chi connectivity index (χ3n) is 1.05. The van der Waals surface area contributed by atoms with Crippen molar-refractivity contribution in [2.45, 2.75) is 33.6 Å². The number of rotatable bonds is 4. The molecule has 0 aromatic carbocycles. The van der Waals surface area contributed by atoms with Crippen molar-refractivity contribution in [3.05, 3.63) is 6.92 Å². The predicted octanol–water partition coefficient (Wildman–Crippen LogP) is 2.37. The molecule has 4 heteroatoms. The molecule has 0 atom stereocenters. The van der Waals surface area contributed by atoms with Crippen LogP contribution in [0.1, 0.15) is 33.6 Å². The van der Waals surface area contributed by atoms with Crippen LogP contribution in [0.3, 0.4) is 0 Å². The summed E-state index contributed by atoms with van der Waals surface area (Å²) >= 11 is 0. The molecule has 0 aromatic rings. The number of unbranched alkanes of at least 4 members (excludes halogenated alkanes) is 1. The van der Waals surface area contributed by atoms with Crippen molar-refractivity contribution in [2.24, 2.45) is 0 Å². The Balaban J connectivity index is -0.000000309. The number of hydrogen-bond donors (Lipinski definition) is 1. The second kappa shape index (κ2) is 17.8. The Bertz CT molecular complexity index is 99.6. The molecule has 0 fully saturated rings. The fourth-order valence-electron chi connectivity index (χ4n) is 0.505. The van der Waals surface area contributed by atoms with Gasteiger partial charge in [0.05, 0.1) is 6.61 Å². The van der Waals surface area contributed by atoms with E-state index < -0.39 is 0 Å². The smallest absolute Gasteiger partial charge is 0.407 e. The minimum atomic E-state index is -0.309. The molecule has 0 radical (unpaired) electrons. The second-order valence-electron chi connectivity index (χ2n) is 2.02. The number of ether oxygens (including phenoxy) is 1. The van der Waals surface area contributed by atoms with Crippen molar-refractivity contribution in [1.82, 2.24) is 5.32 Å². The molecule has 0 aliphatic rings. The topological polar surface area (TPSA) is 38.3 Å². The van der Waals surface area contributed by atoms with E-state index in [9.17, 15) is 4.79 Å². The first-order valence-electron chi connectivity index (χ1n) is 4.42. The summed E-state index contributed by atoms with van der Waals surface area (Å²) in [6, 6.07) is 0. The molecule has 3 nitrogen and oxygen atoms in total. The van der Waals surface area contributed by atoms with Gasteiger partial charge in [0.2, 0.25) is 0 Å². The molecule has 0 aliphatic heterocycles. The van der Waals surface area contributed by atoms with Gasteiger partial charge in [0.25, 0.3) is 0 Å². The van der Waals surface area contributed by atoms with Gasteiger partial charge in [-0.1, -0.05) is 13.3 Å². The van der Waals surface area contributed by atoms with E-state index in [4.69, 9.17) is 4.74 Å². The van der Waals surface area contributed by atoms with Gasteiger partial charge in [-0.3, -0.25) is 0 Å². The van der Waals surface area contributed by atoms with Gasteiger partial charge in [0, 0.05) is 26.0 Å².